The summed E-state index contributed by atoms with van der Waals surface area (Å²) in [6.45, 7) is 4.08. The van der Waals surface area contributed by atoms with Gasteiger partial charge in [-0.1, -0.05) is 189 Å². The summed E-state index contributed by atoms with van der Waals surface area (Å²) in [6, 6.07) is 31.0. The number of unbranched alkanes of at least 4 members (excludes halogenated alkanes) is 11. The lowest BCUT2D eigenvalue weighted by molar-refractivity contribution is -0.131. The zero-order chi connectivity index (χ0) is 47.6. The molecule has 0 saturated heterocycles. The van der Waals surface area contributed by atoms with Gasteiger partial charge < -0.3 is 29.7 Å². The van der Waals surface area contributed by atoms with Gasteiger partial charge in [-0.3, -0.25) is 9.59 Å². The summed E-state index contributed by atoms with van der Waals surface area (Å²) in [5.74, 6) is 1.68. The Balaban J connectivity index is 0.950. The zero-order valence-corrected chi connectivity index (χ0v) is 41.5. The van der Waals surface area contributed by atoms with Crippen molar-refractivity contribution in [2.45, 2.75) is 173 Å². The van der Waals surface area contributed by atoms with Crippen LogP contribution in [0.25, 0.3) is 11.1 Å². The molecular formula is C59H81N3O6. The monoisotopic (exact) mass is 928 g/mol. The van der Waals surface area contributed by atoms with Crippen LogP contribution >= 0.6 is 0 Å². The first-order chi connectivity index (χ1) is 33.4. The fourth-order valence-corrected chi connectivity index (χ4v) is 10.1. The molecule has 1 saturated carbocycles. The lowest BCUT2D eigenvalue weighted by Gasteiger charge is -2.24. The number of ether oxygens (including phenoxy) is 3. The lowest BCUT2D eigenvalue weighted by Crippen LogP contribution is -2.40. The van der Waals surface area contributed by atoms with E-state index in [1.807, 2.05) is 47.4 Å². The van der Waals surface area contributed by atoms with Crippen LogP contribution in [0.3, 0.4) is 0 Å². The third kappa shape index (κ3) is 17.0. The molecule has 0 radical (unpaired) electrons. The number of methoxy groups -OCH3 is 1. The summed E-state index contributed by atoms with van der Waals surface area (Å²) in [7, 11) is 1.62. The maximum absolute atomic E-state index is 13.9. The van der Waals surface area contributed by atoms with E-state index in [2.05, 4.69) is 66.1 Å². The van der Waals surface area contributed by atoms with Crippen molar-refractivity contribution in [3.63, 3.8) is 0 Å². The average molecular weight is 928 g/mol. The molecule has 0 heterocycles. The van der Waals surface area contributed by atoms with Gasteiger partial charge in [-0.2, -0.15) is 0 Å². The van der Waals surface area contributed by atoms with E-state index in [-0.39, 0.29) is 30.9 Å². The van der Waals surface area contributed by atoms with Gasteiger partial charge in [-0.05, 0) is 77.1 Å². The van der Waals surface area contributed by atoms with Gasteiger partial charge in [0.15, 0.2) is 0 Å². The number of fused-ring (bicyclic) bond motifs is 3. The van der Waals surface area contributed by atoms with Gasteiger partial charge in [-0.15, -0.1) is 0 Å². The molecule has 4 aromatic carbocycles. The molecule has 68 heavy (non-hydrogen) atoms. The smallest absolute Gasteiger partial charge is 0.407 e. The quantitative estimate of drug-likeness (QED) is 0.0550. The number of benzene rings is 4. The molecule has 9 nitrogen and oxygen atoms in total. The van der Waals surface area contributed by atoms with Crippen molar-refractivity contribution in [3.05, 3.63) is 119 Å². The van der Waals surface area contributed by atoms with Crippen molar-refractivity contribution in [1.29, 1.82) is 0 Å². The number of carbonyl (C=O) groups is 3. The second kappa shape index (κ2) is 29.5. The molecule has 0 unspecified atom stereocenters. The van der Waals surface area contributed by atoms with Gasteiger partial charge in [0.2, 0.25) is 11.8 Å². The third-order valence-corrected chi connectivity index (χ3v) is 14.1. The number of hydrogen-bond acceptors (Lipinski definition) is 6. The molecule has 2 aliphatic carbocycles. The van der Waals surface area contributed by atoms with Gasteiger partial charge in [0, 0.05) is 43.6 Å². The van der Waals surface area contributed by atoms with E-state index in [0.717, 1.165) is 52.6 Å². The standard InChI is InChI=1S/C59H81N3O6/c1-3-4-5-6-7-8-9-10-11-14-17-24-39-62(58(64)43-61-59(65)68-45-55-53-30-22-20-28-51(53)52-29-21-23-31-54(52)55)44-49-37-38-50(41-56(49)66-2)67-40-25-32-57(63)60-42-46-33-35-48(36-34-46)47-26-18-15-12-13-16-19-27-47/h20-23,28-31,33-38,41,47,55H,3-19,24-27,32,39-40,42-45H2,1-2H3,(H,60,63)(H,61,65). The zero-order valence-electron chi connectivity index (χ0n) is 41.5. The predicted octanol–water partition coefficient (Wildman–Crippen LogP) is 14.0. The van der Waals surface area contributed by atoms with Crippen LogP contribution in [0.15, 0.2) is 91.0 Å². The molecule has 2 aliphatic rings. The average Bonchev–Trinajstić information content (AvgIpc) is 3.76. The highest BCUT2D eigenvalue weighted by atomic mass is 16.5. The molecule has 4 aromatic rings. The van der Waals surface area contributed by atoms with Crippen molar-refractivity contribution in [2.24, 2.45) is 0 Å². The maximum Gasteiger partial charge on any atom is 0.407 e. The van der Waals surface area contributed by atoms with E-state index < -0.39 is 6.09 Å². The number of amides is 3. The van der Waals surface area contributed by atoms with E-state index in [1.165, 1.54) is 115 Å². The van der Waals surface area contributed by atoms with Gasteiger partial charge in [0.25, 0.3) is 0 Å². The first kappa shape index (κ1) is 52.1. The molecular weight excluding hydrogens is 847 g/mol. The fraction of sp³-hybridized carbons (Fsp3) is 0.542. The molecule has 0 atom stereocenters. The summed E-state index contributed by atoms with van der Waals surface area (Å²) in [4.78, 5) is 41.5. The van der Waals surface area contributed by atoms with Crippen molar-refractivity contribution < 1.29 is 28.6 Å². The number of rotatable bonds is 28. The summed E-state index contributed by atoms with van der Waals surface area (Å²) in [5.41, 5.74) is 8.01. The molecule has 0 aromatic heterocycles. The van der Waals surface area contributed by atoms with Crippen LogP contribution in [0.5, 0.6) is 11.5 Å². The highest BCUT2D eigenvalue weighted by Crippen LogP contribution is 2.44. The number of nitrogens with one attached hydrogen (secondary N) is 2. The van der Waals surface area contributed by atoms with E-state index in [4.69, 9.17) is 14.2 Å². The Morgan fingerprint density at radius 1 is 0.662 bits per heavy atom. The number of carbonyl (C=O) groups excluding carboxylic acids is 3. The van der Waals surface area contributed by atoms with Gasteiger partial charge in [0.05, 0.1) is 13.7 Å². The molecule has 0 bridgehead atoms. The molecule has 0 aliphatic heterocycles. The predicted molar refractivity (Wildman–Crippen MR) is 275 cm³/mol. The first-order valence-electron chi connectivity index (χ1n) is 26.4. The molecule has 9 heteroatoms. The van der Waals surface area contributed by atoms with E-state index in [0.29, 0.717) is 56.5 Å². The van der Waals surface area contributed by atoms with Crippen molar-refractivity contribution in [1.82, 2.24) is 15.5 Å². The molecule has 368 valence electrons. The summed E-state index contributed by atoms with van der Waals surface area (Å²) in [6.07, 6.45) is 25.8. The second-order valence-electron chi connectivity index (χ2n) is 19.2. The fourth-order valence-electron chi connectivity index (χ4n) is 10.1. The van der Waals surface area contributed by atoms with Gasteiger partial charge >= 0.3 is 6.09 Å². The van der Waals surface area contributed by atoms with E-state index >= 15 is 0 Å². The van der Waals surface area contributed by atoms with E-state index in [9.17, 15) is 14.4 Å². The van der Waals surface area contributed by atoms with Crippen molar-refractivity contribution in [3.8, 4) is 22.6 Å². The lowest BCUT2D eigenvalue weighted by atomic mass is 9.89. The molecule has 2 N–H and O–H groups in total. The Kier molecular flexibility index (Phi) is 22.6. The van der Waals surface area contributed by atoms with Crippen LogP contribution in [0.1, 0.15) is 188 Å². The molecule has 6 rings (SSSR count). The van der Waals surface area contributed by atoms with Crippen LogP contribution in [-0.4, -0.2) is 56.2 Å². The van der Waals surface area contributed by atoms with Gasteiger partial charge in [0.1, 0.15) is 24.7 Å². The minimum atomic E-state index is -0.609. The van der Waals surface area contributed by atoms with Crippen LogP contribution in [0.4, 0.5) is 4.79 Å². The molecule has 0 spiro atoms. The Morgan fingerprint density at radius 3 is 1.90 bits per heavy atom. The highest BCUT2D eigenvalue weighted by molar-refractivity contribution is 5.83. The van der Waals surface area contributed by atoms with Gasteiger partial charge in [-0.25, -0.2) is 4.79 Å². The minimum absolute atomic E-state index is 0.00733. The van der Waals surface area contributed by atoms with Crippen molar-refractivity contribution in [2.75, 3.05) is 33.4 Å². The first-order valence-corrected chi connectivity index (χ1v) is 26.4. The maximum atomic E-state index is 13.9. The molecule has 3 amide bonds. The Hall–Kier alpha value is -5.31. The third-order valence-electron chi connectivity index (χ3n) is 14.1. The van der Waals surface area contributed by atoms with Crippen molar-refractivity contribution >= 4 is 17.9 Å². The summed E-state index contributed by atoms with van der Waals surface area (Å²) >= 11 is 0. The largest absolute Gasteiger partial charge is 0.496 e. The highest BCUT2D eigenvalue weighted by Gasteiger charge is 2.29. The minimum Gasteiger partial charge on any atom is -0.496 e. The summed E-state index contributed by atoms with van der Waals surface area (Å²) in [5, 5.41) is 5.82. The van der Waals surface area contributed by atoms with E-state index in [1.54, 1.807) is 7.11 Å². The topological polar surface area (TPSA) is 106 Å². The SMILES string of the molecule is CCCCCCCCCCCCCCN(Cc1ccc(OCCCC(=O)NCc2ccc(C3CCCCCCCC3)cc2)cc1OC)C(=O)CNC(=O)OCC1c2ccccc2-c2ccccc21. The Bertz CT molecular complexity index is 2060. The van der Waals surface area contributed by atoms with Crippen LogP contribution in [0.2, 0.25) is 0 Å². The van der Waals surface area contributed by atoms with Crippen LogP contribution < -0.4 is 20.1 Å². The number of nitrogens with zero attached hydrogens (tertiary/aromatic N) is 1. The number of alkyl carbamates (subject to hydrolysis) is 1. The van der Waals surface area contributed by atoms with Crippen LogP contribution in [-0.2, 0) is 27.4 Å². The summed E-state index contributed by atoms with van der Waals surface area (Å²) < 4.78 is 17.6. The van der Waals surface area contributed by atoms with Crippen LogP contribution in [0, 0.1) is 0 Å². The Morgan fingerprint density at radius 2 is 1.26 bits per heavy atom. The second-order valence-corrected chi connectivity index (χ2v) is 19.2. The number of hydrogen-bond donors (Lipinski definition) is 2. The molecule has 1 fully saturated rings. The normalized spacial score (nSPS) is 13.9. The Labute approximate surface area is 408 Å².